The molecule has 1 aromatic heterocycles. The molecule has 0 amide bonds. The number of aromatic nitrogens is 1. The molecule has 19 heavy (non-hydrogen) atoms. The highest BCUT2D eigenvalue weighted by Crippen LogP contribution is 2.29. The lowest BCUT2D eigenvalue weighted by Gasteiger charge is -2.25. The largest absolute Gasteiger partial charge is 0.390 e. The van der Waals surface area contributed by atoms with Crippen LogP contribution in [-0.2, 0) is 0 Å². The summed E-state index contributed by atoms with van der Waals surface area (Å²) in [5.41, 5.74) is 1.76. The van der Waals surface area contributed by atoms with Crippen molar-refractivity contribution in [2.45, 2.75) is 31.8 Å². The number of benzene rings is 1. The molecule has 1 fully saturated rings. The van der Waals surface area contributed by atoms with Crippen molar-refractivity contribution in [2.24, 2.45) is 0 Å². The first-order valence-electron chi connectivity index (χ1n) is 6.97. The Morgan fingerprint density at radius 3 is 2.89 bits per heavy atom. The van der Waals surface area contributed by atoms with Crippen LogP contribution in [0.3, 0.4) is 0 Å². The number of rotatable bonds is 1. The molecular formula is C16H20N2O. The van der Waals surface area contributed by atoms with Crippen molar-refractivity contribution in [1.82, 2.24) is 4.98 Å². The Bertz CT molecular complexity index is 574. The smallest absolute Gasteiger partial charge is 0.0722 e. The van der Waals surface area contributed by atoms with Crippen LogP contribution in [0, 0.1) is 0 Å². The van der Waals surface area contributed by atoms with Gasteiger partial charge < -0.3 is 10.0 Å². The van der Waals surface area contributed by atoms with E-state index in [2.05, 4.69) is 28.1 Å². The Morgan fingerprint density at radius 2 is 2.00 bits per heavy atom. The molecule has 1 aliphatic heterocycles. The molecule has 1 saturated heterocycles. The van der Waals surface area contributed by atoms with E-state index in [1.807, 2.05) is 25.3 Å². The van der Waals surface area contributed by atoms with Crippen molar-refractivity contribution < 1.29 is 5.11 Å². The van der Waals surface area contributed by atoms with Crippen LogP contribution < -0.4 is 4.90 Å². The number of para-hydroxylation sites is 1. The van der Waals surface area contributed by atoms with Gasteiger partial charge in [-0.25, -0.2) is 0 Å². The SMILES string of the molecule is CC1(O)CCCN(c2ccnc3ccccc23)CC1. The number of hydrogen-bond acceptors (Lipinski definition) is 3. The van der Waals surface area contributed by atoms with Crippen LogP contribution in [-0.4, -0.2) is 28.8 Å². The van der Waals surface area contributed by atoms with Gasteiger partial charge in [0.05, 0.1) is 11.1 Å². The quantitative estimate of drug-likeness (QED) is 0.852. The monoisotopic (exact) mass is 256 g/mol. The van der Waals surface area contributed by atoms with Crippen LogP contribution in [0.15, 0.2) is 36.5 Å². The van der Waals surface area contributed by atoms with Gasteiger partial charge >= 0.3 is 0 Å². The molecule has 0 saturated carbocycles. The first-order chi connectivity index (χ1) is 9.16. The average Bonchev–Trinajstić information content (AvgIpc) is 2.59. The lowest BCUT2D eigenvalue weighted by Crippen LogP contribution is -2.28. The predicted molar refractivity (Wildman–Crippen MR) is 78.4 cm³/mol. The van der Waals surface area contributed by atoms with Gasteiger partial charge in [-0.3, -0.25) is 4.98 Å². The summed E-state index contributed by atoms with van der Waals surface area (Å²) in [6.45, 7) is 3.85. The van der Waals surface area contributed by atoms with E-state index in [-0.39, 0.29) is 0 Å². The molecule has 1 aliphatic rings. The molecule has 2 aromatic rings. The second kappa shape index (κ2) is 4.82. The fraction of sp³-hybridized carbons (Fsp3) is 0.438. The third-order valence-corrected chi connectivity index (χ3v) is 4.03. The van der Waals surface area contributed by atoms with E-state index in [9.17, 15) is 5.11 Å². The van der Waals surface area contributed by atoms with Crippen LogP contribution in [0.4, 0.5) is 5.69 Å². The molecule has 1 N–H and O–H groups in total. The van der Waals surface area contributed by atoms with E-state index < -0.39 is 5.60 Å². The molecule has 2 heterocycles. The van der Waals surface area contributed by atoms with Crippen molar-refractivity contribution >= 4 is 16.6 Å². The highest BCUT2D eigenvalue weighted by molar-refractivity contribution is 5.91. The normalized spacial score (nSPS) is 24.4. The van der Waals surface area contributed by atoms with E-state index in [0.717, 1.165) is 37.9 Å². The molecule has 0 radical (unpaired) electrons. The van der Waals surface area contributed by atoms with Crippen molar-refractivity contribution in [2.75, 3.05) is 18.0 Å². The van der Waals surface area contributed by atoms with E-state index in [0.29, 0.717) is 0 Å². The molecule has 1 aromatic carbocycles. The van der Waals surface area contributed by atoms with Gasteiger partial charge in [-0.2, -0.15) is 0 Å². The maximum atomic E-state index is 10.2. The Balaban J connectivity index is 1.96. The number of fused-ring (bicyclic) bond motifs is 1. The van der Waals surface area contributed by atoms with Gasteiger partial charge in [0.15, 0.2) is 0 Å². The Hall–Kier alpha value is -1.61. The van der Waals surface area contributed by atoms with E-state index >= 15 is 0 Å². The summed E-state index contributed by atoms with van der Waals surface area (Å²) in [5, 5.41) is 11.4. The van der Waals surface area contributed by atoms with Gasteiger partial charge in [0, 0.05) is 30.4 Å². The van der Waals surface area contributed by atoms with Gasteiger partial charge in [-0.05, 0) is 38.3 Å². The number of aliphatic hydroxyl groups is 1. The highest BCUT2D eigenvalue weighted by atomic mass is 16.3. The zero-order valence-electron chi connectivity index (χ0n) is 11.3. The Morgan fingerprint density at radius 1 is 1.16 bits per heavy atom. The predicted octanol–water partition coefficient (Wildman–Crippen LogP) is 2.98. The fourth-order valence-corrected chi connectivity index (χ4v) is 2.86. The minimum Gasteiger partial charge on any atom is -0.390 e. The van der Waals surface area contributed by atoms with E-state index in [1.165, 1.54) is 11.1 Å². The minimum absolute atomic E-state index is 0.516. The van der Waals surface area contributed by atoms with Gasteiger partial charge in [-0.1, -0.05) is 18.2 Å². The van der Waals surface area contributed by atoms with Crippen LogP contribution >= 0.6 is 0 Å². The molecule has 3 nitrogen and oxygen atoms in total. The summed E-state index contributed by atoms with van der Waals surface area (Å²) >= 11 is 0. The lowest BCUT2D eigenvalue weighted by atomic mass is 9.98. The minimum atomic E-state index is -0.516. The topological polar surface area (TPSA) is 36.4 Å². The second-order valence-electron chi connectivity index (χ2n) is 5.68. The van der Waals surface area contributed by atoms with Crippen LogP contribution in [0.5, 0.6) is 0 Å². The van der Waals surface area contributed by atoms with Crippen molar-refractivity contribution in [1.29, 1.82) is 0 Å². The Labute approximate surface area is 113 Å². The molecule has 100 valence electrons. The van der Waals surface area contributed by atoms with Crippen LogP contribution in [0.25, 0.3) is 10.9 Å². The van der Waals surface area contributed by atoms with Gasteiger partial charge in [0.25, 0.3) is 0 Å². The highest BCUT2D eigenvalue weighted by Gasteiger charge is 2.25. The summed E-state index contributed by atoms with van der Waals surface area (Å²) in [4.78, 5) is 6.79. The van der Waals surface area contributed by atoms with Crippen LogP contribution in [0.1, 0.15) is 26.2 Å². The average molecular weight is 256 g/mol. The van der Waals surface area contributed by atoms with Gasteiger partial charge in [-0.15, -0.1) is 0 Å². The zero-order chi connectivity index (χ0) is 13.3. The third kappa shape index (κ3) is 2.56. The van der Waals surface area contributed by atoms with Crippen LogP contribution in [0.2, 0.25) is 0 Å². The number of hydrogen-bond donors (Lipinski definition) is 1. The van der Waals surface area contributed by atoms with E-state index in [1.54, 1.807) is 0 Å². The first-order valence-corrected chi connectivity index (χ1v) is 6.97. The zero-order valence-corrected chi connectivity index (χ0v) is 11.3. The van der Waals surface area contributed by atoms with Crippen molar-refractivity contribution in [3.8, 4) is 0 Å². The maximum absolute atomic E-state index is 10.2. The second-order valence-corrected chi connectivity index (χ2v) is 5.68. The molecule has 3 heteroatoms. The molecule has 1 atom stereocenters. The summed E-state index contributed by atoms with van der Waals surface area (Å²) in [6, 6.07) is 10.3. The van der Waals surface area contributed by atoms with Gasteiger partial charge in [0.2, 0.25) is 0 Å². The molecule has 0 spiro atoms. The number of nitrogens with zero attached hydrogens (tertiary/aromatic N) is 2. The number of anilines is 1. The lowest BCUT2D eigenvalue weighted by molar-refractivity contribution is 0.0481. The molecule has 0 bridgehead atoms. The van der Waals surface area contributed by atoms with E-state index in [4.69, 9.17) is 0 Å². The molecule has 3 rings (SSSR count). The molecule has 0 aliphatic carbocycles. The fourth-order valence-electron chi connectivity index (χ4n) is 2.86. The maximum Gasteiger partial charge on any atom is 0.0722 e. The van der Waals surface area contributed by atoms with Crippen molar-refractivity contribution in [3.63, 3.8) is 0 Å². The molecular weight excluding hydrogens is 236 g/mol. The summed E-state index contributed by atoms with van der Waals surface area (Å²) in [5.74, 6) is 0. The first kappa shape index (κ1) is 12.4. The third-order valence-electron chi connectivity index (χ3n) is 4.03. The molecule has 1 unspecified atom stereocenters. The van der Waals surface area contributed by atoms with Crippen molar-refractivity contribution in [3.05, 3.63) is 36.5 Å². The number of pyridine rings is 1. The standard InChI is InChI=1S/C16H20N2O/c1-16(19)8-4-11-18(12-9-16)15-7-10-17-14-6-3-2-5-13(14)15/h2-3,5-7,10,19H,4,8-9,11-12H2,1H3. The summed E-state index contributed by atoms with van der Waals surface area (Å²) < 4.78 is 0. The Kier molecular flexibility index (Phi) is 3.15. The summed E-state index contributed by atoms with van der Waals surface area (Å²) in [6.07, 6.45) is 4.61. The summed E-state index contributed by atoms with van der Waals surface area (Å²) in [7, 11) is 0. The van der Waals surface area contributed by atoms with Gasteiger partial charge in [0.1, 0.15) is 0 Å².